The molecule has 2 unspecified atom stereocenters. The van der Waals surface area contributed by atoms with E-state index in [2.05, 4.69) is 55.4 Å². The van der Waals surface area contributed by atoms with Crippen LogP contribution in [-0.2, 0) is 6.42 Å². The molecular formula is C16H23N. The van der Waals surface area contributed by atoms with Gasteiger partial charge in [-0.05, 0) is 24.8 Å². The van der Waals surface area contributed by atoms with E-state index in [4.69, 9.17) is 6.42 Å². The molecule has 0 bridgehead atoms. The minimum Gasteiger partial charge on any atom is -0.310 e. The minimum atomic E-state index is 0.452. The lowest BCUT2D eigenvalue weighted by atomic mass is 10.0. The third-order valence-electron chi connectivity index (χ3n) is 3.15. The zero-order chi connectivity index (χ0) is 12.5. The molecule has 0 heterocycles. The van der Waals surface area contributed by atoms with Gasteiger partial charge in [0.25, 0.3) is 0 Å². The van der Waals surface area contributed by atoms with Gasteiger partial charge in [-0.25, -0.2) is 0 Å². The van der Waals surface area contributed by atoms with Crippen LogP contribution in [0.15, 0.2) is 30.3 Å². The largest absolute Gasteiger partial charge is 0.310 e. The highest BCUT2D eigenvalue weighted by atomic mass is 14.9. The molecule has 1 N–H and O–H groups in total. The van der Waals surface area contributed by atoms with Crippen molar-refractivity contribution in [2.45, 2.75) is 51.6 Å². The van der Waals surface area contributed by atoms with Gasteiger partial charge in [-0.1, -0.05) is 44.2 Å². The molecule has 17 heavy (non-hydrogen) atoms. The van der Waals surface area contributed by atoms with Crippen molar-refractivity contribution >= 4 is 0 Å². The second-order valence-electron chi connectivity index (χ2n) is 4.47. The summed E-state index contributed by atoms with van der Waals surface area (Å²) in [5.41, 5.74) is 1.39. The summed E-state index contributed by atoms with van der Waals surface area (Å²) in [6.45, 7) is 4.41. The van der Waals surface area contributed by atoms with Crippen molar-refractivity contribution < 1.29 is 0 Å². The molecule has 0 aliphatic rings. The number of rotatable bonds is 7. The van der Waals surface area contributed by atoms with Crippen molar-refractivity contribution in [1.29, 1.82) is 0 Å². The smallest absolute Gasteiger partial charge is 0.0240 e. The molecule has 1 aromatic rings. The Balaban J connectivity index is 2.51. The van der Waals surface area contributed by atoms with Gasteiger partial charge in [0.05, 0.1) is 0 Å². The lowest BCUT2D eigenvalue weighted by Gasteiger charge is -2.23. The summed E-state index contributed by atoms with van der Waals surface area (Å²) in [6.07, 6.45) is 9.52. The maximum absolute atomic E-state index is 5.38. The first kappa shape index (κ1) is 13.8. The SMILES string of the molecule is C#CCC(CC)NC(CC)Cc1ccccc1. The zero-order valence-electron chi connectivity index (χ0n) is 10.9. The maximum atomic E-state index is 5.38. The van der Waals surface area contributed by atoms with E-state index in [0.29, 0.717) is 12.1 Å². The van der Waals surface area contributed by atoms with E-state index in [1.807, 2.05) is 0 Å². The van der Waals surface area contributed by atoms with Gasteiger partial charge in [0.2, 0.25) is 0 Å². The molecule has 2 atom stereocenters. The Hall–Kier alpha value is -1.26. The van der Waals surface area contributed by atoms with Crippen molar-refractivity contribution in [1.82, 2.24) is 5.32 Å². The van der Waals surface area contributed by atoms with E-state index < -0.39 is 0 Å². The quantitative estimate of drug-likeness (QED) is 0.707. The van der Waals surface area contributed by atoms with Crippen LogP contribution in [0.25, 0.3) is 0 Å². The predicted octanol–water partition coefficient (Wildman–Crippen LogP) is 3.40. The molecule has 0 aromatic heterocycles. The summed E-state index contributed by atoms with van der Waals surface area (Å²) in [4.78, 5) is 0. The van der Waals surface area contributed by atoms with Gasteiger partial charge in [0.1, 0.15) is 0 Å². The topological polar surface area (TPSA) is 12.0 Å². The molecule has 0 radical (unpaired) electrons. The fraction of sp³-hybridized carbons (Fsp3) is 0.500. The van der Waals surface area contributed by atoms with Gasteiger partial charge in [0, 0.05) is 18.5 Å². The van der Waals surface area contributed by atoms with Gasteiger partial charge in [0.15, 0.2) is 0 Å². The third kappa shape index (κ3) is 5.06. The first-order valence-corrected chi connectivity index (χ1v) is 6.53. The first-order valence-electron chi connectivity index (χ1n) is 6.53. The van der Waals surface area contributed by atoms with E-state index in [1.165, 1.54) is 5.56 Å². The fourth-order valence-electron chi connectivity index (χ4n) is 2.02. The lowest BCUT2D eigenvalue weighted by Crippen LogP contribution is -2.38. The minimum absolute atomic E-state index is 0.452. The van der Waals surface area contributed by atoms with Crippen molar-refractivity contribution in [3.8, 4) is 12.3 Å². The van der Waals surface area contributed by atoms with Crippen LogP contribution in [0.2, 0.25) is 0 Å². The first-order chi connectivity index (χ1) is 8.30. The van der Waals surface area contributed by atoms with Gasteiger partial charge in [-0.2, -0.15) is 0 Å². The number of terminal acetylenes is 1. The molecule has 0 amide bonds. The number of hydrogen-bond donors (Lipinski definition) is 1. The van der Waals surface area contributed by atoms with Crippen LogP contribution in [0.4, 0.5) is 0 Å². The molecule has 0 fully saturated rings. The van der Waals surface area contributed by atoms with Crippen molar-refractivity contribution in [2.75, 3.05) is 0 Å². The molecule has 1 rings (SSSR count). The molecule has 0 aliphatic carbocycles. The number of nitrogens with one attached hydrogen (secondary N) is 1. The summed E-state index contributed by atoms with van der Waals surface area (Å²) in [5, 5.41) is 3.66. The highest BCUT2D eigenvalue weighted by Crippen LogP contribution is 2.08. The number of benzene rings is 1. The molecule has 0 aliphatic heterocycles. The third-order valence-corrected chi connectivity index (χ3v) is 3.15. The van der Waals surface area contributed by atoms with Crippen LogP contribution < -0.4 is 5.32 Å². The summed E-state index contributed by atoms with van der Waals surface area (Å²) in [6, 6.07) is 11.6. The molecule has 92 valence electrons. The Kier molecular flexibility index (Phi) is 6.43. The van der Waals surface area contributed by atoms with Gasteiger partial charge in [-0.3, -0.25) is 0 Å². The van der Waals surface area contributed by atoms with Crippen LogP contribution in [0.1, 0.15) is 38.7 Å². The van der Waals surface area contributed by atoms with Crippen molar-refractivity contribution in [3.05, 3.63) is 35.9 Å². The van der Waals surface area contributed by atoms with Crippen molar-refractivity contribution in [3.63, 3.8) is 0 Å². The monoisotopic (exact) mass is 229 g/mol. The van der Waals surface area contributed by atoms with E-state index in [-0.39, 0.29) is 0 Å². The normalized spacial score (nSPS) is 13.9. The van der Waals surface area contributed by atoms with E-state index in [1.54, 1.807) is 0 Å². The Morgan fingerprint density at radius 3 is 2.29 bits per heavy atom. The van der Waals surface area contributed by atoms with Crippen LogP contribution in [0, 0.1) is 12.3 Å². The Morgan fingerprint density at radius 2 is 1.76 bits per heavy atom. The molecule has 1 nitrogen and oxygen atoms in total. The standard InChI is InChI=1S/C16H23N/c1-4-10-15(5-2)17-16(6-3)13-14-11-8-7-9-12-14/h1,7-9,11-12,15-17H,5-6,10,13H2,2-3H3. The Bertz CT molecular complexity index is 336. The van der Waals surface area contributed by atoms with E-state index >= 15 is 0 Å². The molecule has 1 heteroatoms. The van der Waals surface area contributed by atoms with Gasteiger partial charge in [-0.15, -0.1) is 12.3 Å². The van der Waals surface area contributed by atoms with Crippen LogP contribution >= 0.6 is 0 Å². The second kappa shape index (κ2) is 7.92. The second-order valence-corrected chi connectivity index (χ2v) is 4.47. The van der Waals surface area contributed by atoms with Crippen LogP contribution in [0.3, 0.4) is 0 Å². The zero-order valence-corrected chi connectivity index (χ0v) is 10.9. The fourth-order valence-corrected chi connectivity index (χ4v) is 2.02. The molecular weight excluding hydrogens is 206 g/mol. The Morgan fingerprint density at radius 1 is 1.12 bits per heavy atom. The highest BCUT2D eigenvalue weighted by molar-refractivity contribution is 5.15. The number of hydrogen-bond acceptors (Lipinski definition) is 1. The average molecular weight is 229 g/mol. The van der Waals surface area contributed by atoms with Gasteiger partial charge < -0.3 is 5.32 Å². The summed E-state index contributed by atoms with van der Waals surface area (Å²) >= 11 is 0. The maximum Gasteiger partial charge on any atom is 0.0240 e. The van der Waals surface area contributed by atoms with E-state index in [9.17, 15) is 0 Å². The Labute approximate surface area is 106 Å². The predicted molar refractivity (Wildman–Crippen MR) is 74.9 cm³/mol. The van der Waals surface area contributed by atoms with Crippen LogP contribution in [0.5, 0.6) is 0 Å². The van der Waals surface area contributed by atoms with Crippen LogP contribution in [-0.4, -0.2) is 12.1 Å². The highest BCUT2D eigenvalue weighted by Gasteiger charge is 2.12. The molecule has 1 aromatic carbocycles. The average Bonchev–Trinajstić information content (AvgIpc) is 2.38. The summed E-state index contributed by atoms with van der Waals surface area (Å²) in [7, 11) is 0. The molecule has 0 saturated carbocycles. The van der Waals surface area contributed by atoms with Crippen molar-refractivity contribution in [2.24, 2.45) is 0 Å². The molecule has 0 saturated heterocycles. The van der Waals surface area contributed by atoms with E-state index in [0.717, 1.165) is 25.7 Å². The molecule has 0 spiro atoms. The summed E-state index contributed by atoms with van der Waals surface area (Å²) < 4.78 is 0. The lowest BCUT2D eigenvalue weighted by molar-refractivity contribution is 0.409. The van der Waals surface area contributed by atoms with Gasteiger partial charge >= 0.3 is 0 Å². The summed E-state index contributed by atoms with van der Waals surface area (Å²) in [5.74, 6) is 2.75.